The van der Waals surface area contributed by atoms with Gasteiger partial charge in [0.1, 0.15) is 12.1 Å². The van der Waals surface area contributed by atoms with Crippen molar-refractivity contribution in [2.24, 2.45) is 0 Å². The SMILES string of the molecule is CC(=O)Nc1ccc(C(=O)N[C@@H](C)C(=O)N2CCC[C@H]2C(=O)N[C@H]2CCOO[C@H]2OCc2ccccc2)cc1Cl. The van der Waals surface area contributed by atoms with Crippen LogP contribution in [0.5, 0.6) is 0 Å². The maximum Gasteiger partial charge on any atom is 0.251 e. The number of rotatable bonds is 9. The van der Waals surface area contributed by atoms with E-state index in [0.717, 1.165) is 5.56 Å². The highest BCUT2D eigenvalue weighted by Gasteiger charge is 2.39. The molecule has 0 bridgehead atoms. The van der Waals surface area contributed by atoms with Crippen molar-refractivity contribution in [1.82, 2.24) is 15.5 Å². The molecule has 11 nitrogen and oxygen atoms in total. The van der Waals surface area contributed by atoms with Gasteiger partial charge in [0, 0.05) is 19.0 Å². The summed E-state index contributed by atoms with van der Waals surface area (Å²) in [6.45, 7) is 3.90. The van der Waals surface area contributed by atoms with E-state index < -0.39 is 30.3 Å². The van der Waals surface area contributed by atoms with Gasteiger partial charge in [0.05, 0.1) is 30.0 Å². The molecule has 0 spiro atoms. The lowest BCUT2D eigenvalue weighted by atomic mass is 10.1. The predicted octanol–water partition coefficient (Wildman–Crippen LogP) is 2.79. The Morgan fingerprint density at radius 1 is 1.12 bits per heavy atom. The number of halogens is 1. The summed E-state index contributed by atoms with van der Waals surface area (Å²) in [7, 11) is 0. The van der Waals surface area contributed by atoms with E-state index in [1.807, 2.05) is 30.3 Å². The van der Waals surface area contributed by atoms with Crippen molar-refractivity contribution in [2.75, 3.05) is 18.5 Å². The number of amides is 4. The van der Waals surface area contributed by atoms with Crippen LogP contribution in [0.4, 0.5) is 5.69 Å². The summed E-state index contributed by atoms with van der Waals surface area (Å²) in [6, 6.07) is 12.0. The van der Waals surface area contributed by atoms with Crippen LogP contribution in [0.15, 0.2) is 48.5 Å². The topological polar surface area (TPSA) is 135 Å². The van der Waals surface area contributed by atoms with Gasteiger partial charge in [0.25, 0.3) is 5.91 Å². The van der Waals surface area contributed by atoms with Gasteiger partial charge in [0.15, 0.2) is 0 Å². The smallest absolute Gasteiger partial charge is 0.251 e. The third kappa shape index (κ3) is 7.57. The van der Waals surface area contributed by atoms with E-state index in [1.54, 1.807) is 6.92 Å². The summed E-state index contributed by atoms with van der Waals surface area (Å²) >= 11 is 6.18. The van der Waals surface area contributed by atoms with Gasteiger partial charge in [-0.15, -0.1) is 0 Å². The molecule has 3 N–H and O–H groups in total. The molecule has 2 aromatic carbocycles. The van der Waals surface area contributed by atoms with E-state index in [1.165, 1.54) is 30.0 Å². The molecule has 4 rings (SSSR count). The van der Waals surface area contributed by atoms with Gasteiger partial charge in [-0.1, -0.05) is 41.9 Å². The average Bonchev–Trinajstić information content (AvgIpc) is 3.44. The van der Waals surface area contributed by atoms with Crippen molar-refractivity contribution < 1.29 is 33.7 Å². The molecule has 2 heterocycles. The van der Waals surface area contributed by atoms with Crippen molar-refractivity contribution in [1.29, 1.82) is 0 Å². The fraction of sp³-hybridized carbons (Fsp3) is 0.429. The van der Waals surface area contributed by atoms with Crippen molar-refractivity contribution in [2.45, 2.75) is 64.1 Å². The zero-order valence-electron chi connectivity index (χ0n) is 22.4. The molecule has 214 valence electrons. The number of benzene rings is 2. The van der Waals surface area contributed by atoms with E-state index in [2.05, 4.69) is 16.0 Å². The summed E-state index contributed by atoms with van der Waals surface area (Å²) in [6.07, 6.45) is 0.841. The normalized spacial score (nSPS) is 21.4. The van der Waals surface area contributed by atoms with Gasteiger partial charge in [-0.25, -0.2) is 9.78 Å². The van der Waals surface area contributed by atoms with Crippen LogP contribution in [-0.4, -0.2) is 66.1 Å². The lowest BCUT2D eigenvalue weighted by Crippen LogP contribution is -2.56. The number of ether oxygens (including phenoxy) is 1. The second-order valence-electron chi connectivity index (χ2n) is 9.75. The first-order valence-electron chi connectivity index (χ1n) is 13.2. The quantitative estimate of drug-likeness (QED) is 0.393. The Morgan fingerprint density at radius 3 is 2.62 bits per heavy atom. The van der Waals surface area contributed by atoms with Crippen molar-refractivity contribution >= 4 is 40.9 Å². The number of nitrogens with one attached hydrogen (secondary N) is 3. The van der Waals surface area contributed by atoms with E-state index in [9.17, 15) is 19.2 Å². The molecule has 0 radical (unpaired) electrons. The molecular weight excluding hydrogens is 540 g/mol. The second-order valence-corrected chi connectivity index (χ2v) is 10.2. The second kappa shape index (κ2) is 13.7. The Kier molecular flexibility index (Phi) is 10.1. The highest BCUT2D eigenvalue weighted by atomic mass is 35.5. The van der Waals surface area contributed by atoms with Gasteiger partial charge >= 0.3 is 0 Å². The number of carbonyl (C=O) groups is 4. The van der Waals surface area contributed by atoms with Crippen LogP contribution in [-0.2, 0) is 35.5 Å². The minimum absolute atomic E-state index is 0.196. The Labute approximate surface area is 237 Å². The Bertz CT molecular complexity index is 1230. The lowest BCUT2D eigenvalue weighted by Gasteiger charge is -2.33. The molecule has 40 heavy (non-hydrogen) atoms. The largest absolute Gasteiger partial charge is 0.346 e. The maximum atomic E-state index is 13.3. The molecule has 12 heteroatoms. The van der Waals surface area contributed by atoms with Crippen LogP contribution >= 0.6 is 11.6 Å². The van der Waals surface area contributed by atoms with Crippen LogP contribution < -0.4 is 16.0 Å². The van der Waals surface area contributed by atoms with E-state index >= 15 is 0 Å². The third-order valence-electron chi connectivity index (χ3n) is 6.69. The van der Waals surface area contributed by atoms with Crippen LogP contribution in [0, 0.1) is 0 Å². The van der Waals surface area contributed by atoms with E-state index in [4.69, 9.17) is 26.1 Å². The van der Waals surface area contributed by atoms with Gasteiger partial charge in [0.2, 0.25) is 24.0 Å². The molecule has 2 aliphatic rings. The number of anilines is 1. The number of nitrogens with zero attached hydrogens (tertiary/aromatic N) is 1. The van der Waals surface area contributed by atoms with Gasteiger partial charge in [-0.2, -0.15) is 0 Å². The number of carbonyl (C=O) groups excluding carboxylic acids is 4. The summed E-state index contributed by atoms with van der Waals surface area (Å²) in [5.41, 5.74) is 1.57. The minimum Gasteiger partial charge on any atom is -0.346 e. The average molecular weight is 573 g/mol. The van der Waals surface area contributed by atoms with Crippen LogP contribution in [0.25, 0.3) is 0 Å². The monoisotopic (exact) mass is 572 g/mol. The molecule has 4 amide bonds. The predicted molar refractivity (Wildman–Crippen MR) is 146 cm³/mol. The molecule has 2 saturated heterocycles. The van der Waals surface area contributed by atoms with Gasteiger partial charge in [-0.3, -0.25) is 19.2 Å². The fourth-order valence-electron chi connectivity index (χ4n) is 4.65. The lowest BCUT2D eigenvalue weighted by molar-refractivity contribution is -0.406. The number of likely N-dealkylation sites (tertiary alicyclic amines) is 1. The van der Waals surface area contributed by atoms with Gasteiger partial charge in [-0.05, 0) is 49.9 Å². The van der Waals surface area contributed by atoms with Crippen molar-refractivity contribution in [3.63, 3.8) is 0 Å². The summed E-state index contributed by atoms with van der Waals surface area (Å²) < 4.78 is 5.86. The summed E-state index contributed by atoms with van der Waals surface area (Å²) in [4.78, 5) is 62.5. The maximum absolute atomic E-state index is 13.3. The van der Waals surface area contributed by atoms with Crippen molar-refractivity contribution in [3.05, 3.63) is 64.7 Å². The zero-order valence-corrected chi connectivity index (χ0v) is 23.1. The molecule has 0 aliphatic carbocycles. The highest BCUT2D eigenvalue weighted by molar-refractivity contribution is 6.34. The van der Waals surface area contributed by atoms with Crippen LogP contribution in [0.1, 0.15) is 49.0 Å². The Hall–Kier alpha value is -3.51. The van der Waals surface area contributed by atoms with E-state index in [0.29, 0.717) is 38.1 Å². The molecule has 0 unspecified atom stereocenters. The third-order valence-corrected chi connectivity index (χ3v) is 7.00. The van der Waals surface area contributed by atoms with Gasteiger partial charge < -0.3 is 25.6 Å². The molecule has 2 aromatic rings. The van der Waals surface area contributed by atoms with Crippen LogP contribution in [0.2, 0.25) is 5.02 Å². The molecule has 0 aromatic heterocycles. The Balaban J connectivity index is 1.33. The summed E-state index contributed by atoms with van der Waals surface area (Å²) in [5.74, 6) is -1.47. The summed E-state index contributed by atoms with van der Waals surface area (Å²) in [5, 5.41) is 8.41. The first-order chi connectivity index (χ1) is 19.2. The molecular formula is C28H33ClN4O7. The first kappa shape index (κ1) is 29.5. The van der Waals surface area contributed by atoms with Crippen LogP contribution in [0.3, 0.4) is 0 Å². The van der Waals surface area contributed by atoms with E-state index in [-0.39, 0.29) is 34.9 Å². The van der Waals surface area contributed by atoms with Crippen molar-refractivity contribution in [3.8, 4) is 0 Å². The molecule has 4 atom stereocenters. The fourth-order valence-corrected chi connectivity index (χ4v) is 4.88. The minimum atomic E-state index is -0.886. The first-order valence-corrected chi connectivity index (χ1v) is 13.5. The number of hydrogen-bond donors (Lipinski definition) is 3. The molecule has 2 fully saturated rings. The molecule has 2 aliphatic heterocycles. The zero-order chi connectivity index (χ0) is 28.6. The Morgan fingerprint density at radius 2 is 1.90 bits per heavy atom. The number of hydrogen-bond acceptors (Lipinski definition) is 7. The highest BCUT2D eigenvalue weighted by Crippen LogP contribution is 2.24. The molecule has 0 saturated carbocycles. The standard InChI is InChI=1S/C28H33ClN4O7/c1-17(30-25(35)20-10-11-22(21(29)15-20)31-18(2)34)27(37)33-13-6-9-24(33)26(36)32-23-12-14-39-40-28(23)38-16-19-7-4-3-5-8-19/h3-5,7-8,10-11,15,17,23-24,28H,6,9,12-14,16H2,1-2H3,(H,30,35)(H,31,34)(H,32,36)/t17-,23-,24-,28+/m0/s1.